The van der Waals surface area contributed by atoms with E-state index in [1.165, 1.54) is 16.7 Å². The van der Waals surface area contributed by atoms with Crippen LogP contribution < -0.4 is 5.56 Å². The van der Waals surface area contributed by atoms with Crippen LogP contribution >= 0.6 is 0 Å². The van der Waals surface area contributed by atoms with Gasteiger partial charge in [0.1, 0.15) is 0 Å². The number of rotatable bonds is 3. The van der Waals surface area contributed by atoms with Crippen molar-refractivity contribution in [3.05, 3.63) is 28.0 Å². The summed E-state index contributed by atoms with van der Waals surface area (Å²) in [5.74, 6) is -0.0431. The first kappa shape index (κ1) is 9.80. The van der Waals surface area contributed by atoms with Crippen molar-refractivity contribution in [3.8, 4) is 5.88 Å². The molecule has 0 fully saturated rings. The molecule has 13 heavy (non-hydrogen) atoms. The Labute approximate surface area is 76.1 Å². The fraction of sp³-hybridized carbons (Fsp3) is 0.444. The van der Waals surface area contributed by atoms with Gasteiger partial charge in [-0.15, -0.1) is 0 Å². The van der Waals surface area contributed by atoms with Gasteiger partial charge in [-0.2, -0.15) is 0 Å². The molecule has 0 saturated carbocycles. The molecule has 1 aromatic heterocycles. The molecule has 1 aromatic rings. The topological polar surface area (TPSA) is 62.5 Å². The van der Waals surface area contributed by atoms with E-state index in [0.29, 0.717) is 13.0 Å². The van der Waals surface area contributed by atoms with Gasteiger partial charge in [0, 0.05) is 25.3 Å². The van der Waals surface area contributed by atoms with E-state index < -0.39 is 0 Å². The van der Waals surface area contributed by atoms with Gasteiger partial charge in [0.2, 0.25) is 0 Å². The van der Waals surface area contributed by atoms with Gasteiger partial charge >= 0.3 is 0 Å². The predicted molar refractivity (Wildman–Crippen MR) is 48.8 cm³/mol. The number of aliphatic hydroxyl groups is 1. The molecular weight excluding hydrogens is 170 g/mol. The summed E-state index contributed by atoms with van der Waals surface area (Å²) in [6, 6.07) is 2.98. The lowest BCUT2D eigenvalue weighted by Crippen LogP contribution is -2.19. The highest BCUT2D eigenvalue weighted by molar-refractivity contribution is 5.19. The summed E-state index contributed by atoms with van der Waals surface area (Å²) < 4.78 is 1.24. The number of nitrogens with zero attached hydrogens (tertiary/aromatic N) is 1. The largest absolute Gasteiger partial charge is 0.494 e. The maximum atomic E-state index is 11.3. The summed E-state index contributed by atoms with van der Waals surface area (Å²) in [7, 11) is 0. The second-order valence-corrected chi connectivity index (χ2v) is 2.96. The smallest absolute Gasteiger partial charge is 0.253 e. The number of hydrogen-bond acceptors (Lipinski definition) is 3. The zero-order chi connectivity index (χ0) is 9.84. The summed E-state index contributed by atoms with van der Waals surface area (Å²) in [4.78, 5) is 11.3. The molecule has 72 valence electrons. The maximum absolute atomic E-state index is 11.3. The quantitative estimate of drug-likeness (QED) is 0.705. The average Bonchev–Trinajstić information content (AvgIpc) is 2.02. The number of aliphatic hydroxyl groups excluding tert-OH is 1. The van der Waals surface area contributed by atoms with E-state index >= 15 is 0 Å². The first-order valence-corrected chi connectivity index (χ1v) is 4.16. The van der Waals surface area contributed by atoms with Crippen LogP contribution in [0.1, 0.15) is 12.0 Å². The summed E-state index contributed by atoms with van der Waals surface area (Å²) in [5, 5.41) is 17.9. The van der Waals surface area contributed by atoms with Crippen molar-refractivity contribution in [3.63, 3.8) is 0 Å². The Hall–Kier alpha value is -1.29. The molecule has 0 unspecified atom stereocenters. The van der Waals surface area contributed by atoms with E-state index in [1.807, 2.05) is 0 Å². The third-order valence-electron chi connectivity index (χ3n) is 1.79. The lowest BCUT2D eigenvalue weighted by Gasteiger charge is -2.07. The van der Waals surface area contributed by atoms with E-state index in [2.05, 4.69) is 0 Å². The van der Waals surface area contributed by atoms with E-state index in [4.69, 9.17) is 5.11 Å². The van der Waals surface area contributed by atoms with Gasteiger partial charge in [-0.05, 0) is 18.9 Å². The van der Waals surface area contributed by atoms with Crippen LogP contribution in [0.25, 0.3) is 0 Å². The third kappa shape index (κ3) is 2.32. The van der Waals surface area contributed by atoms with Gasteiger partial charge in [-0.3, -0.25) is 9.36 Å². The molecule has 0 radical (unpaired) electrons. The van der Waals surface area contributed by atoms with Crippen LogP contribution in [0.5, 0.6) is 5.88 Å². The Bertz CT molecular complexity index is 343. The normalized spacial score (nSPS) is 10.3. The number of aryl methyl sites for hydroxylation is 1. The molecule has 0 aliphatic carbocycles. The van der Waals surface area contributed by atoms with Gasteiger partial charge in [0.25, 0.3) is 5.56 Å². The summed E-state index contributed by atoms with van der Waals surface area (Å²) in [5.41, 5.74) is 0.508. The SMILES string of the molecule is Cc1cc(O)n(CCCO)c(=O)c1. The van der Waals surface area contributed by atoms with Gasteiger partial charge in [0.15, 0.2) is 5.88 Å². The van der Waals surface area contributed by atoms with E-state index in [-0.39, 0.29) is 18.0 Å². The van der Waals surface area contributed by atoms with Crippen molar-refractivity contribution in [1.82, 2.24) is 4.57 Å². The minimum atomic E-state index is -0.231. The first-order chi connectivity index (χ1) is 6.15. The van der Waals surface area contributed by atoms with Crippen molar-refractivity contribution in [1.29, 1.82) is 0 Å². The fourth-order valence-electron chi connectivity index (χ4n) is 1.16. The zero-order valence-electron chi connectivity index (χ0n) is 7.53. The molecule has 4 heteroatoms. The average molecular weight is 183 g/mol. The molecule has 0 atom stereocenters. The second kappa shape index (κ2) is 4.09. The first-order valence-electron chi connectivity index (χ1n) is 4.16. The number of aromatic nitrogens is 1. The fourth-order valence-corrected chi connectivity index (χ4v) is 1.16. The summed E-state index contributed by atoms with van der Waals surface area (Å²) in [6.07, 6.45) is 0.469. The highest BCUT2D eigenvalue weighted by atomic mass is 16.3. The molecule has 0 amide bonds. The van der Waals surface area contributed by atoms with Crippen LogP contribution in [-0.2, 0) is 6.54 Å². The Balaban J connectivity index is 2.99. The van der Waals surface area contributed by atoms with Crippen LogP contribution in [-0.4, -0.2) is 21.4 Å². The molecular formula is C9H13NO3. The van der Waals surface area contributed by atoms with Crippen molar-refractivity contribution in [2.75, 3.05) is 6.61 Å². The van der Waals surface area contributed by atoms with E-state index in [0.717, 1.165) is 5.56 Å². The van der Waals surface area contributed by atoms with Gasteiger partial charge in [-0.1, -0.05) is 0 Å². The molecule has 0 aliphatic heterocycles. The van der Waals surface area contributed by atoms with Gasteiger partial charge in [0.05, 0.1) is 0 Å². The molecule has 0 bridgehead atoms. The Kier molecular flexibility index (Phi) is 3.08. The molecule has 0 aromatic carbocycles. The molecule has 0 aliphatic rings. The van der Waals surface area contributed by atoms with Crippen LogP contribution in [0, 0.1) is 6.92 Å². The molecule has 1 heterocycles. The lowest BCUT2D eigenvalue weighted by molar-refractivity contribution is 0.274. The Morgan fingerprint density at radius 3 is 2.69 bits per heavy atom. The van der Waals surface area contributed by atoms with Crippen LogP contribution in [0.4, 0.5) is 0 Å². The number of pyridine rings is 1. The highest BCUT2D eigenvalue weighted by Gasteiger charge is 2.02. The van der Waals surface area contributed by atoms with Crippen molar-refractivity contribution in [2.24, 2.45) is 0 Å². The van der Waals surface area contributed by atoms with Crippen LogP contribution in [0.3, 0.4) is 0 Å². The predicted octanol–water partition coefficient (Wildman–Crippen LogP) is 0.245. The highest BCUT2D eigenvalue weighted by Crippen LogP contribution is 2.07. The summed E-state index contributed by atoms with van der Waals surface area (Å²) in [6.45, 7) is 2.11. The van der Waals surface area contributed by atoms with E-state index in [1.54, 1.807) is 6.92 Å². The molecule has 0 spiro atoms. The van der Waals surface area contributed by atoms with Gasteiger partial charge in [-0.25, -0.2) is 0 Å². The minimum Gasteiger partial charge on any atom is -0.494 e. The van der Waals surface area contributed by atoms with Crippen LogP contribution in [0.15, 0.2) is 16.9 Å². The Morgan fingerprint density at radius 1 is 1.46 bits per heavy atom. The van der Waals surface area contributed by atoms with Crippen molar-refractivity contribution >= 4 is 0 Å². The van der Waals surface area contributed by atoms with Gasteiger partial charge < -0.3 is 10.2 Å². The standard InChI is InChI=1S/C9H13NO3/c1-7-5-8(12)10(3-2-4-11)9(13)6-7/h5-6,11-12H,2-4H2,1H3. The monoisotopic (exact) mass is 183 g/mol. The minimum absolute atomic E-state index is 0.0136. The molecule has 0 saturated heterocycles. The summed E-state index contributed by atoms with van der Waals surface area (Å²) >= 11 is 0. The number of hydrogen-bond donors (Lipinski definition) is 2. The van der Waals surface area contributed by atoms with Crippen molar-refractivity contribution < 1.29 is 10.2 Å². The Morgan fingerprint density at radius 2 is 2.15 bits per heavy atom. The maximum Gasteiger partial charge on any atom is 0.253 e. The lowest BCUT2D eigenvalue weighted by atomic mass is 10.3. The molecule has 2 N–H and O–H groups in total. The zero-order valence-corrected chi connectivity index (χ0v) is 7.53. The molecule has 1 rings (SSSR count). The van der Waals surface area contributed by atoms with E-state index in [9.17, 15) is 9.90 Å². The third-order valence-corrected chi connectivity index (χ3v) is 1.79. The number of aromatic hydroxyl groups is 1. The molecule has 4 nitrogen and oxygen atoms in total. The van der Waals surface area contributed by atoms with Crippen molar-refractivity contribution in [2.45, 2.75) is 19.9 Å². The second-order valence-electron chi connectivity index (χ2n) is 2.96. The van der Waals surface area contributed by atoms with Crippen LogP contribution in [0.2, 0.25) is 0 Å².